The Hall–Kier alpha value is -2.78. The molecule has 0 aliphatic carbocycles. The average Bonchev–Trinajstić information content (AvgIpc) is 2.74. The largest absolute Gasteiger partial charge is 0.497 e. The first-order valence-electron chi connectivity index (χ1n) is 10.7. The van der Waals surface area contributed by atoms with Crippen LogP contribution < -0.4 is 14.4 Å². The first-order valence-corrected chi connectivity index (χ1v) is 12.9. The summed E-state index contributed by atoms with van der Waals surface area (Å²) in [5.74, 6) is -0.238. The standard InChI is InChI=1S/C24H32ClN3O5S/c1-17(23(30)26-24(2,3)4)27(15-18-11-13-19(33-5)14-12-18)22(29)16-28(34(6,31)32)21-10-8-7-9-20(21)25/h7-14,17H,15-16H2,1-6H3,(H,26,30). The van der Waals surface area contributed by atoms with Crippen LogP contribution in [0.1, 0.15) is 33.3 Å². The molecule has 2 aromatic rings. The van der Waals surface area contributed by atoms with E-state index in [4.69, 9.17) is 16.3 Å². The van der Waals surface area contributed by atoms with Gasteiger partial charge in [0.2, 0.25) is 21.8 Å². The Morgan fingerprint density at radius 1 is 1.09 bits per heavy atom. The molecule has 0 fully saturated rings. The maximum atomic E-state index is 13.5. The van der Waals surface area contributed by atoms with Crippen molar-refractivity contribution in [3.63, 3.8) is 0 Å². The fraction of sp³-hybridized carbons (Fsp3) is 0.417. The highest BCUT2D eigenvalue weighted by Crippen LogP contribution is 2.27. The van der Waals surface area contributed by atoms with Crippen LogP contribution in [0, 0.1) is 0 Å². The first-order chi connectivity index (χ1) is 15.7. The van der Waals surface area contributed by atoms with Crippen molar-refractivity contribution >= 4 is 39.1 Å². The monoisotopic (exact) mass is 509 g/mol. The Balaban J connectivity index is 2.41. The number of para-hydroxylation sites is 1. The lowest BCUT2D eigenvalue weighted by Crippen LogP contribution is -2.54. The number of nitrogens with one attached hydrogen (secondary N) is 1. The highest BCUT2D eigenvalue weighted by molar-refractivity contribution is 7.92. The molecule has 2 rings (SSSR count). The molecule has 0 heterocycles. The van der Waals surface area contributed by atoms with Crippen molar-refractivity contribution in [2.45, 2.75) is 45.8 Å². The summed E-state index contributed by atoms with van der Waals surface area (Å²) in [4.78, 5) is 27.8. The van der Waals surface area contributed by atoms with Gasteiger partial charge in [-0.2, -0.15) is 0 Å². The van der Waals surface area contributed by atoms with Crippen LogP contribution in [-0.2, 0) is 26.2 Å². The molecule has 0 saturated carbocycles. The van der Waals surface area contributed by atoms with Crippen LogP contribution in [0.3, 0.4) is 0 Å². The molecule has 0 aromatic heterocycles. The number of rotatable bonds is 9. The van der Waals surface area contributed by atoms with Crippen molar-refractivity contribution in [1.82, 2.24) is 10.2 Å². The van der Waals surface area contributed by atoms with Gasteiger partial charge in [-0.15, -0.1) is 0 Å². The summed E-state index contributed by atoms with van der Waals surface area (Å²) in [6, 6.07) is 12.6. The van der Waals surface area contributed by atoms with Crippen molar-refractivity contribution in [3.8, 4) is 5.75 Å². The third-order valence-corrected chi connectivity index (χ3v) is 6.42. The predicted molar refractivity (Wildman–Crippen MR) is 135 cm³/mol. The number of ether oxygens (including phenoxy) is 1. The van der Waals surface area contributed by atoms with Gasteiger partial charge < -0.3 is 15.0 Å². The van der Waals surface area contributed by atoms with Crippen molar-refractivity contribution in [2.24, 2.45) is 0 Å². The highest BCUT2D eigenvalue weighted by atomic mass is 35.5. The Labute approximate surface area is 206 Å². The molecule has 1 N–H and O–H groups in total. The fourth-order valence-electron chi connectivity index (χ4n) is 3.23. The van der Waals surface area contributed by atoms with Crippen LogP contribution >= 0.6 is 11.6 Å². The van der Waals surface area contributed by atoms with E-state index in [-0.39, 0.29) is 23.2 Å². The van der Waals surface area contributed by atoms with E-state index in [1.165, 1.54) is 11.0 Å². The minimum absolute atomic E-state index is 0.0989. The lowest BCUT2D eigenvalue weighted by molar-refractivity contribution is -0.140. The van der Waals surface area contributed by atoms with E-state index in [9.17, 15) is 18.0 Å². The minimum atomic E-state index is -3.84. The molecule has 0 saturated heterocycles. The van der Waals surface area contributed by atoms with E-state index >= 15 is 0 Å². The van der Waals surface area contributed by atoms with Gasteiger partial charge >= 0.3 is 0 Å². The molecule has 0 radical (unpaired) electrons. The molecule has 0 spiro atoms. The number of sulfonamides is 1. The first kappa shape index (κ1) is 27.5. The molecule has 1 atom stereocenters. The van der Waals surface area contributed by atoms with Gasteiger partial charge in [0.1, 0.15) is 18.3 Å². The smallest absolute Gasteiger partial charge is 0.244 e. The van der Waals surface area contributed by atoms with Crippen molar-refractivity contribution in [1.29, 1.82) is 0 Å². The molecule has 186 valence electrons. The van der Waals surface area contributed by atoms with Crippen molar-refractivity contribution in [2.75, 3.05) is 24.2 Å². The molecule has 8 nitrogen and oxygen atoms in total. The van der Waals surface area contributed by atoms with Gasteiger partial charge in [0.05, 0.1) is 24.1 Å². The van der Waals surface area contributed by atoms with Gasteiger partial charge in [0.15, 0.2) is 0 Å². The zero-order valence-corrected chi connectivity index (χ0v) is 21.9. The summed E-state index contributed by atoms with van der Waals surface area (Å²) in [6.45, 7) is 6.73. The quantitative estimate of drug-likeness (QED) is 0.558. The van der Waals surface area contributed by atoms with Crippen LogP contribution in [-0.4, -0.2) is 56.6 Å². The number of benzene rings is 2. The van der Waals surface area contributed by atoms with Gasteiger partial charge in [-0.3, -0.25) is 13.9 Å². The van der Waals surface area contributed by atoms with Gasteiger partial charge in [-0.1, -0.05) is 35.9 Å². The number of anilines is 1. The normalized spacial score (nSPS) is 12.6. The zero-order chi connectivity index (χ0) is 25.7. The second-order valence-corrected chi connectivity index (χ2v) is 11.3. The number of nitrogens with zero attached hydrogens (tertiary/aromatic N) is 2. The Kier molecular flexibility index (Phi) is 8.96. The van der Waals surface area contributed by atoms with Crippen molar-refractivity contribution in [3.05, 3.63) is 59.1 Å². The molecule has 1 unspecified atom stereocenters. The summed E-state index contributed by atoms with van der Waals surface area (Å²) in [6.07, 6.45) is 1.01. The Bertz CT molecular complexity index is 1110. The maximum absolute atomic E-state index is 13.5. The van der Waals surface area contributed by atoms with E-state index in [1.54, 1.807) is 56.5 Å². The lowest BCUT2D eigenvalue weighted by atomic mass is 10.1. The number of amides is 2. The molecule has 0 aliphatic heterocycles. The lowest BCUT2D eigenvalue weighted by Gasteiger charge is -2.33. The Morgan fingerprint density at radius 3 is 2.18 bits per heavy atom. The summed E-state index contributed by atoms with van der Waals surface area (Å²) < 4.78 is 31.3. The van der Waals surface area contributed by atoms with Gasteiger partial charge in [0.25, 0.3) is 0 Å². The highest BCUT2D eigenvalue weighted by Gasteiger charge is 2.31. The van der Waals surface area contributed by atoms with Crippen molar-refractivity contribution < 1.29 is 22.7 Å². The van der Waals surface area contributed by atoms with E-state index in [0.717, 1.165) is 16.1 Å². The number of hydrogen-bond acceptors (Lipinski definition) is 5. The van der Waals surface area contributed by atoms with Crippen LogP contribution in [0.4, 0.5) is 5.69 Å². The topological polar surface area (TPSA) is 96.0 Å². The third kappa shape index (κ3) is 7.63. The van der Waals surface area contributed by atoms with E-state index in [1.807, 2.05) is 20.8 Å². The molecule has 2 amide bonds. The average molecular weight is 510 g/mol. The Morgan fingerprint density at radius 2 is 1.68 bits per heavy atom. The molecule has 0 bridgehead atoms. The number of carbonyl (C=O) groups is 2. The minimum Gasteiger partial charge on any atom is -0.497 e. The zero-order valence-electron chi connectivity index (χ0n) is 20.3. The van der Waals surface area contributed by atoms with E-state index < -0.39 is 34.1 Å². The summed E-state index contributed by atoms with van der Waals surface area (Å²) >= 11 is 6.23. The molecule has 0 aliphatic rings. The number of carbonyl (C=O) groups excluding carboxylic acids is 2. The van der Waals surface area contributed by atoms with Gasteiger partial charge in [-0.25, -0.2) is 8.42 Å². The SMILES string of the molecule is COc1ccc(CN(C(=O)CN(c2ccccc2Cl)S(C)(=O)=O)C(C)C(=O)NC(C)(C)C)cc1. The molecule has 2 aromatic carbocycles. The van der Waals surface area contributed by atoms with Crippen LogP contribution in [0.2, 0.25) is 5.02 Å². The van der Waals surface area contributed by atoms with Crippen LogP contribution in [0.5, 0.6) is 5.75 Å². The summed E-state index contributed by atoms with van der Waals surface area (Å²) in [7, 11) is -2.29. The molecular weight excluding hydrogens is 478 g/mol. The van der Waals surface area contributed by atoms with E-state index in [0.29, 0.717) is 5.75 Å². The predicted octanol–water partition coefficient (Wildman–Crippen LogP) is 3.45. The fourth-order valence-corrected chi connectivity index (χ4v) is 4.38. The number of hydrogen-bond donors (Lipinski definition) is 1. The third-order valence-electron chi connectivity index (χ3n) is 4.98. The molecule has 34 heavy (non-hydrogen) atoms. The second-order valence-electron chi connectivity index (χ2n) is 9.01. The second kappa shape index (κ2) is 11.1. The summed E-state index contributed by atoms with van der Waals surface area (Å²) in [5.41, 5.74) is 0.445. The van der Waals surface area contributed by atoms with Crippen LogP contribution in [0.25, 0.3) is 0 Å². The van der Waals surface area contributed by atoms with Gasteiger partial charge in [-0.05, 0) is 57.5 Å². The number of halogens is 1. The molecule has 10 heteroatoms. The summed E-state index contributed by atoms with van der Waals surface area (Å²) in [5, 5.41) is 3.07. The molecular formula is C24H32ClN3O5S. The van der Waals surface area contributed by atoms with Crippen LogP contribution in [0.15, 0.2) is 48.5 Å². The maximum Gasteiger partial charge on any atom is 0.244 e. The van der Waals surface area contributed by atoms with Gasteiger partial charge in [0, 0.05) is 12.1 Å². The van der Waals surface area contributed by atoms with E-state index in [2.05, 4.69) is 5.32 Å². The number of methoxy groups -OCH3 is 1.